The lowest BCUT2D eigenvalue weighted by Gasteiger charge is -2.34. The van der Waals surface area contributed by atoms with Crippen molar-refractivity contribution in [2.45, 2.75) is 0 Å². The van der Waals surface area contributed by atoms with Crippen LogP contribution in [0, 0.1) is 0 Å². The van der Waals surface area contributed by atoms with E-state index in [0.29, 0.717) is 5.75 Å². The molecule has 0 amide bonds. The molecule has 140 valence electrons. The van der Waals surface area contributed by atoms with Crippen molar-refractivity contribution in [3.63, 3.8) is 0 Å². The summed E-state index contributed by atoms with van der Waals surface area (Å²) < 4.78 is 58.2. The molecule has 0 atom stereocenters. The second-order valence-corrected chi connectivity index (χ2v) is 5.12. The van der Waals surface area contributed by atoms with Gasteiger partial charge in [0.25, 0.3) is 0 Å². The molecular weight excluding hydrogens is 353 g/mol. The van der Waals surface area contributed by atoms with E-state index in [-0.39, 0.29) is 40.2 Å². The molecule has 0 saturated heterocycles. The zero-order chi connectivity index (χ0) is 18.9. The molecule has 26 heavy (non-hydrogen) atoms. The highest BCUT2D eigenvalue weighted by atomic mass is 19.3. The Morgan fingerprint density at radius 1 is 1.04 bits per heavy atom. The van der Waals surface area contributed by atoms with Gasteiger partial charge in [-0.25, -0.2) is 4.99 Å². The summed E-state index contributed by atoms with van der Waals surface area (Å²) in [5, 5.41) is 0. The Bertz CT molecular complexity index is 843. The summed E-state index contributed by atoms with van der Waals surface area (Å²) >= 11 is 0. The first-order chi connectivity index (χ1) is 12.4. The molecule has 11 heteroatoms. The van der Waals surface area contributed by atoms with Gasteiger partial charge in [0.15, 0.2) is 23.0 Å². The number of aliphatic imine (C=N–C) groups is 1. The minimum Gasteiger partial charge on any atom is -0.626 e. The molecule has 0 aromatic carbocycles. The highest BCUT2D eigenvalue weighted by molar-refractivity contribution is 6.53. The second-order valence-electron chi connectivity index (χ2n) is 5.12. The third kappa shape index (κ3) is 2.96. The molecule has 1 aromatic rings. The van der Waals surface area contributed by atoms with Crippen molar-refractivity contribution in [2.24, 2.45) is 4.99 Å². The van der Waals surface area contributed by atoms with Crippen LogP contribution in [0.1, 0.15) is 5.69 Å². The molecule has 0 fully saturated rings. The van der Waals surface area contributed by atoms with E-state index in [4.69, 9.17) is 23.6 Å². The number of nitrogens with one attached hydrogen (secondary N) is 1. The van der Waals surface area contributed by atoms with Crippen LogP contribution >= 0.6 is 0 Å². The van der Waals surface area contributed by atoms with Gasteiger partial charge in [-0.1, -0.05) is 0 Å². The minimum absolute atomic E-state index is 0.0594. The molecule has 0 bridgehead atoms. The Labute approximate surface area is 147 Å². The van der Waals surface area contributed by atoms with Gasteiger partial charge in [-0.3, -0.25) is 0 Å². The predicted octanol–water partition coefficient (Wildman–Crippen LogP) is 2.59. The van der Waals surface area contributed by atoms with Gasteiger partial charge in [0.2, 0.25) is 0 Å². The molecule has 2 aliphatic rings. The summed E-state index contributed by atoms with van der Waals surface area (Å²) in [7, 11) is 0.950. The van der Waals surface area contributed by atoms with Crippen molar-refractivity contribution in [2.75, 3.05) is 28.4 Å². The average Bonchev–Trinajstić information content (AvgIpc) is 3.22. The maximum absolute atomic E-state index is 14.1. The zero-order valence-corrected chi connectivity index (χ0v) is 14.5. The number of methoxy groups -OCH3 is 4. The molecule has 0 spiro atoms. The van der Waals surface area contributed by atoms with Crippen LogP contribution in [-0.2, 0) is 18.8 Å². The lowest BCUT2D eigenvalue weighted by atomic mass is 10.1. The Balaban J connectivity index is 2.13. The number of H-pyrrole nitrogens is 1. The van der Waals surface area contributed by atoms with Gasteiger partial charge < -0.3 is 41.9 Å². The van der Waals surface area contributed by atoms with Gasteiger partial charge >= 0.3 is 7.11 Å². The summed E-state index contributed by atoms with van der Waals surface area (Å²) in [6.45, 7) is 0. The quantitative estimate of drug-likeness (QED) is 0.804. The SMILES string of the molecule is COC1=C(OC)/C(=C2\C=C(c3[nH]cc(OC)c3OC)O[B-](F)(F)O2)N=C1. The summed E-state index contributed by atoms with van der Waals surface area (Å²) in [6, 6.07) is 0. The smallest absolute Gasteiger partial charge is 0.626 e. The molecule has 3 heterocycles. The van der Waals surface area contributed by atoms with E-state index in [0.717, 1.165) is 0 Å². The number of hydrogen-bond donors (Lipinski definition) is 1. The standard InChI is InChI=1S/C15H16BF2N2O6/c1-21-10-6-19-12(14(10)23-3)8-5-9(26-16(17,18)25-8)13-15(24-4)11(22-2)7-20-13/h5-7,19H,1-4H3/q-1/b13-9-. The van der Waals surface area contributed by atoms with Gasteiger partial charge in [0.1, 0.15) is 22.9 Å². The molecule has 1 aromatic heterocycles. The van der Waals surface area contributed by atoms with Crippen molar-refractivity contribution < 1.29 is 36.9 Å². The fraction of sp³-hybridized carbons (Fsp3) is 0.267. The zero-order valence-electron chi connectivity index (χ0n) is 14.5. The predicted molar refractivity (Wildman–Crippen MR) is 88.6 cm³/mol. The van der Waals surface area contributed by atoms with Crippen LogP contribution in [0.2, 0.25) is 0 Å². The maximum atomic E-state index is 14.1. The van der Waals surface area contributed by atoms with Crippen LogP contribution < -0.4 is 9.47 Å². The Hall–Kier alpha value is -3.11. The molecular formula is C15H16BF2N2O6-. The fourth-order valence-electron chi connectivity index (χ4n) is 2.57. The third-order valence-corrected chi connectivity index (χ3v) is 3.67. The Kier molecular flexibility index (Phi) is 4.53. The van der Waals surface area contributed by atoms with Crippen LogP contribution in [0.3, 0.4) is 0 Å². The van der Waals surface area contributed by atoms with E-state index in [1.54, 1.807) is 0 Å². The largest absolute Gasteiger partial charge is 0.726 e. The van der Waals surface area contributed by atoms with E-state index in [9.17, 15) is 8.63 Å². The molecule has 0 aliphatic carbocycles. The van der Waals surface area contributed by atoms with Crippen LogP contribution in [0.15, 0.2) is 40.2 Å². The van der Waals surface area contributed by atoms with Crippen LogP contribution in [0.4, 0.5) is 8.63 Å². The topological polar surface area (TPSA) is 83.5 Å². The average molecular weight is 369 g/mol. The molecule has 0 radical (unpaired) electrons. The number of hydrogen-bond acceptors (Lipinski definition) is 7. The van der Waals surface area contributed by atoms with Gasteiger partial charge in [0.05, 0.1) is 34.7 Å². The van der Waals surface area contributed by atoms with Crippen molar-refractivity contribution >= 4 is 19.1 Å². The summed E-state index contributed by atoms with van der Waals surface area (Å²) in [5.41, 5.74) is 0.230. The van der Waals surface area contributed by atoms with Gasteiger partial charge in [-0.15, -0.1) is 0 Å². The first-order valence-corrected chi connectivity index (χ1v) is 7.44. The van der Waals surface area contributed by atoms with E-state index >= 15 is 0 Å². The van der Waals surface area contributed by atoms with Crippen LogP contribution in [0.5, 0.6) is 11.5 Å². The summed E-state index contributed by atoms with van der Waals surface area (Å²) in [6.07, 6.45) is 4.07. The molecule has 0 unspecified atom stereocenters. The number of rotatable bonds is 5. The molecule has 8 nitrogen and oxygen atoms in total. The maximum Gasteiger partial charge on any atom is 0.726 e. The highest BCUT2D eigenvalue weighted by Gasteiger charge is 2.41. The van der Waals surface area contributed by atoms with Gasteiger partial charge in [-0.2, -0.15) is 0 Å². The molecule has 3 rings (SSSR count). The number of allylic oxidation sites excluding steroid dienone is 2. The van der Waals surface area contributed by atoms with Crippen LogP contribution in [-0.4, -0.2) is 46.7 Å². The van der Waals surface area contributed by atoms with Crippen molar-refractivity contribution in [3.8, 4) is 11.5 Å². The number of aromatic nitrogens is 1. The second kappa shape index (κ2) is 6.66. The first-order valence-electron chi connectivity index (χ1n) is 7.44. The van der Waals surface area contributed by atoms with Crippen molar-refractivity contribution in [1.29, 1.82) is 0 Å². The normalized spacial score (nSPS) is 21.1. The van der Waals surface area contributed by atoms with Gasteiger partial charge in [0, 0.05) is 12.3 Å². The number of halogens is 2. The molecule has 2 aliphatic heterocycles. The first kappa shape index (κ1) is 17.7. The summed E-state index contributed by atoms with van der Waals surface area (Å²) in [4.78, 5) is 6.83. The highest BCUT2D eigenvalue weighted by Crippen LogP contribution is 2.41. The summed E-state index contributed by atoms with van der Waals surface area (Å²) in [5.74, 6) is 0.582. The lowest BCUT2D eigenvalue weighted by Crippen LogP contribution is -2.34. The minimum atomic E-state index is -4.64. The van der Waals surface area contributed by atoms with Crippen LogP contribution in [0.25, 0.3) is 5.76 Å². The molecule has 1 N–H and O–H groups in total. The van der Waals surface area contributed by atoms with Gasteiger partial charge in [-0.05, 0) is 0 Å². The number of aromatic amines is 1. The lowest BCUT2D eigenvalue weighted by molar-refractivity contribution is 0.168. The van der Waals surface area contributed by atoms with E-state index in [2.05, 4.69) is 14.6 Å². The van der Waals surface area contributed by atoms with E-state index < -0.39 is 7.11 Å². The van der Waals surface area contributed by atoms with Crippen molar-refractivity contribution in [1.82, 2.24) is 4.98 Å². The Morgan fingerprint density at radius 3 is 2.42 bits per heavy atom. The fourth-order valence-corrected chi connectivity index (χ4v) is 2.57. The monoisotopic (exact) mass is 369 g/mol. The third-order valence-electron chi connectivity index (χ3n) is 3.67. The van der Waals surface area contributed by atoms with Crippen molar-refractivity contribution in [3.05, 3.63) is 40.9 Å². The number of nitrogens with zero attached hydrogens (tertiary/aromatic N) is 1. The molecule has 0 saturated carbocycles. The number of ether oxygens (including phenoxy) is 4. The van der Waals surface area contributed by atoms with E-state index in [1.807, 2.05) is 0 Å². The Morgan fingerprint density at radius 2 is 1.81 bits per heavy atom. The van der Waals surface area contributed by atoms with E-state index in [1.165, 1.54) is 46.9 Å².